The predicted molar refractivity (Wildman–Crippen MR) is 79.8 cm³/mol. The summed E-state index contributed by atoms with van der Waals surface area (Å²) in [5.74, 6) is 5.45. The minimum Gasteiger partial charge on any atom is -0.271 e. The van der Waals surface area contributed by atoms with E-state index in [9.17, 15) is 4.39 Å². The lowest BCUT2D eigenvalue weighted by Gasteiger charge is -2.13. The minimum atomic E-state index is -0.216. The van der Waals surface area contributed by atoms with Gasteiger partial charge in [0.1, 0.15) is 5.82 Å². The van der Waals surface area contributed by atoms with Crippen LogP contribution in [0.2, 0.25) is 0 Å². The molecule has 1 atom stereocenters. The van der Waals surface area contributed by atoms with Crippen molar-refractivity contribution in [2.45, 2.75) is 12.5 Å². The predicted octanol–water partition coefficient (Wildman–Crippen LogP) is 3.18. The van der Waals surface area contributed by atoms with Gasteiger partial charge in [0.05, 0.1) is 6.04 Å². The number of pyridine rings is 1. The number of hydrogen-bond acceptors (Lipinski definition) is 4. The van der Waals surface area contributed by atoms with E-state index in [1.54, 1.807) is 29.7 Å². The van der Waals surface area contributed by atoms with Crippen LogP contribution in [-0.2, 0) is 6.42 Å². The van der Waals surface area contributed by atoms with Crippen LogP contribution >= 0.6 is 11.3 Å². The highest BCUT2D eigenvalue weighted by Gasteiger charge is 2.14. The Morgan fingerprint density at radius 1 is 1.30 bits per heavy atom. The van der Waals surface area contributed by atoms with Crippen LogP contribution in [0.25, 0.3) is 10.1 Å². The molecule has 2 aromatic heterocycles. The van der Waals surface area contributed by atoms with Crippen LogP contribution < -0.4 is 11.3 Å². The Morgan fingerprint density at radius 2 is 2.20 bits per heavy atom. The van der Waals surface area contributed by atoms with Crippen LogP contribution in [0.15, 0.2) is 48.8 Å². The molecule has 3 rings (SSSR count). The standard InChI is InChI=1S/C15H14FN3S/c16-12-3-4-14-11(7-12)8-15(20-14)13(19-17)6-10-2-1-5-18-9-10/h1-5,7-9,13,19H,6,17H2. The van der Waals surface area contributed by atoms with Crippen LogP contribution in [0.4, 0.5) is 4.39 Å². The Labute approximate surface area is 120 Å². The van der Waals surface area contributed by atoms with Gasteiger partial charge in [0.2, 0.25) is 0 Å². The van der Waals surface area contributed by atoms with E-state index in [0.29, 0.717) is 0 Å². The number of nitrogens with zero attached hydrogens (tertiary/aromatic N) is 1. The number of thiophene rings is 1. The number of halogens is 1. The number of rotatable bonds is 4. The van der Waals surface area contributed by atoms with Gasteiger partial charge in [-0.25, -0.2) is 4.39 Å². The van der Waals surface area contributed by atoms with Crippen LogP contribution in [0, 0.1) is 5.82 Å². The average molecular weight is 287 g/mol. The van der Waals surface area contributed by atoms with Gasteiger partial charge in [-0.1, -0.05) is 6.07 Å². The molecule has 20 heavy (non-hydrogen) atoms. The summed E-state index contributed by atoms with van der Waals surface area (Å²) < 4.78 is 14.3. The number of benzene rings is 1. The van der Waals surface area contributed by atoms with Crippen LogP contribution in [0.3, 0.4) is 0 Å². The van der Waals surface area contributed by atoms with Crippen LogP contribution in [0.1, 0.15) is 16.5 Å². The first kappa shape index (κ1) is 13.2. The maximum Gasteiger partial charge on any atom is 0.123 e. The van der Waals surface area contributed by atoms with E-state index in [-0.39, 0.29) is 11.9 Å². The summed E-state index contributed by atoms with van der Waals surface area (Å²) in [6.45, 7) is 0. The van der Waals surface area contributed by atoms with Crippen molar-refractivity contribution < 1.29 is 4.39 Å². The van der Waals surface area contributed by atoms with Crippen molar-refractivity contribution in [3.8, 4) is 0 Å². The maximum atomic E-state index is 13.2. The lowest BCUT2D eigenvalue weighted by atomic mass is 10.1. The van der Waals surface area contributed by atoms with Gasteiger partial charge in [-0.2, -0.15) is 0 Å². The molecule has 5 heteroatoms. The highest BCUT2D eigenvalue weighted by Crippen LogP contribution is 2.31. The molecule has 1 unspecified atom stereocenters. The summed E-state index contributed by atoms with van der Waals surface area (Å²) in [4.78, 5) is 5.20. The van der Waals surface area contributed by atoms with E-state index in [2.05, 4.69) is 10.4 Å². The summed E-state index contributed by atoms with van der Waals surface area (Å²) in [5.41, 5.74) is 3.94. The highest BCUT2D eigenvalue weighted by atomic mass is 32.1. The molecule has 0 radical (unpaired) electrons. The van der Waals surface area contributed by atoms with Gasteiger partial charge in [0, 0.05) is 22.0 Å². The summed E-state index contributed by atoms with van der Waals surface area (Å²) in [6, 6.07) is 10.7. The second-order valence-corrected chi connectivity index (χ2v) is 5.73. The van der Waals surface area contributed by atoms with E-state index < -0.39 is 0 Å². The quantitative estimate of drug-likeness (QED) is 0.572. The van der Waals surface area contributed by atoms with E-state index >= 15 is 0 Å². The number of aromatic nitrogens is 1. The number of fused-ring (bicyclic) bond motifs is 1. The number of hydrazine groups is 1. The highest BCUT2D eigenvalue weighted by molar-refractivity contribution is 7.19. The Hall–Kier alpha value is -1.82. The molecular weight excluding hydrogens is 273 g/mol. The largest absolute Gasteiger partial charge is 0.271 e. The van der Waals surface area contributed by atoms with E-state index in [4.69, 9.17) is 5.84 Å². The van der Waals surface area contributed by atoms with Gasteiger partial charge < -0.3 is 0 Å². The number of nitrogens with one attached hydrogen (secondary N) is 1. The summed E-state index contributed by atoms with van der Waals surface area (Å²) in [6.07, 6.45) is 4.33. The molecule has 3 N–H and O–H groups in total. The molecule has 2 heterocycles. The van der Waals surface area contributed by atoms with Crippen molar-refractivity contribution in [1.29, 1.82) is 0 Å². The molecule has 0 saturated heterocycles. The third-order valence-corrected chi connectivity index (χ3v) is 4.43. The monoisotopic (exact) mass is 287 g/mol. The van der Waals surface area contributed by atoms with E-state index in [1.807, 2.05) is 24.4 Å². The molecule has 0 fully saturated rings. The fourth-order valence-corrected chi connectivity index (χ4v) is 3.31. The normalized spacial score (nSPS) is 12.7. The third kappa shape index (κ3) is 2.70. The molecule has 0 aliphatic rings. The summed E-state index contributed by atoms with van der Waals surface area (Å²) in [7, 11) is 0. The second-order valence-electron chi connectivity index (χ2n) is 4.62. The lowest BCUT2D eigenvalue weighted by molar-refractivity contribution is 0.560. The molecule has 0 spiro atoms. The van der Waals surface area contributed by atoms with Crippen LogP contribution in [0.5, 0.6) is 0 Å². The Bertz CT molecular complexity index is 711. The molecule has 0 aliphatic carbocycles. The minimum absolute atomic E-state index is 0.000314. The zero-order valence-electron chi connectivity index (χ0n) is 10.7. The van der Waals surface area contributed by atoms with Gasteiger partial charge in [-0.05, 0) is 47.7 Å². The molecule has 3 aromatic rings. The molecule has 0 amide bonds. The van der Waals surface area contributed by atoms with Gasteiger partial charge in [0.25, 0.3) is 0 Å². The molecule has 0 saturated carbocycles. The Morgan fingerprint density at radius 3 is 2.95 bits per heavy atom. The van der Waals surface area contributed by atoms with Crippen LogP contribution in [-0.4, -0.2) is 4.98 Å². The lowest BCUT2D eigenvalue weighted by Crippen LogP contribution is -2.28. The van der Waals surface area contributed by atoms with Gasteiger partial charge in [0.15, 0.2) is 0 Å². The number of hydrogen-bond donors (Lipinski definition) is 2. The molecule has 1 aromatic carbocycles. The van der Waals surface area contributed by atoms with E-state index in [1.165, 1.54) is 6.07 Å². The van der Waals surface area contributed by atoms with Crippen molar-refractivity contribution in [2.75, 3.05) is 0 Å². The van der Waals surface area contributed by atoms with Crippen molar-refractivity contribution in [2.24, 2.45) is 5.84 Å². The number of nitrogens with two attached hydrogens (primary N) is 1. The first-order chi connectivity index (χ1) is 9.76. The first-order valence-corrected chi connectivity index (χ1v) is 7.12. The molecule has 0 aliphatic heterocycles. The fraction of sp³-hybridized carbons (Fsp3) is 0.133. The zero-order chi connectivity index (χ0) is 13.9. The SMILES string of the molecule is NNC(Cc1cccnc1)c1cc2cc(F)ccc2s1. The van der Waals surface area contributed by atoms with Gasteiger partial charge in [-0.3, -0.25) is 16.3 Å². The zero-order valence-corrected chi connectivity index (χ0v) is 11.5. The smallest absolute Gasteiger partial charge is 0.123 e. The average Bonchev–Trinajstić information content (AvgIpc) is 2.88. The third-order valence-electron chi connectivity index (χ3n) is 3.20. The van der Waals surface area contributed by atoms with Gasteiger partial charge >= 0.3 is 0 Å². The second kappa shape index (κ2) is 5.66. The first-order valence-electron chi connectivity index (χ1n) is 6.30. The molecule has 0 bridgehead atoms. The maximum absolute atomic E-state index is 13.2. The topological polar surface area (TPSA) is 50.9 Å². The summed E-state index contributed by atoms with van der Waals surface area (Å²) in [5, 5.41) is 0.913. The van der Waals surface area contributed by atoms with Crippen molar-refractivity contribution >= 4 is 21.4 Å². The van der Waals surface area contributed by atoms with Crippen molar-refractivity contribution in [3.63, 3.8) is 0 Å². The molecule has 3 nitrogen and oxygen atoms in total. The van der Waals surface area contributed by atoms with E-state index in [0.717, 1.165) is 26.9 Å². The fourth-order valence-electron chi connectivity index (χ4n) is 2.20. The summed E-state index contributed by atoms with van der Waals surface area (Å²) >= 11 is 1.63. The van der Waals surface area contributed by atoms with Gasteiger partial charge in [-0.15, -0.1) is 11.3 Å². The van der Waals surface area contributed by atoms with Crippen molar-refractivity contribution in [1.82, 2.24) is 10.4 Å². The Balaban J connectivity index is 1.91. The van der Waals surface area contributed by atoms with Crippen molar-refractivity contribution in [3.05, 3.63) is 65.0 Å². The molecular formula is C15H14FN3S. The molecule has 102 valence electrons. The Kier molecular flexibility index (Phi) is 3.73.